The summed E-state index contributed by atoms with van der Waals surface area (Å²) in [6.07, 6.45) is 3.35. The molecule has 138 valence electrons. The third kappa shape index (κ3) is 3.63. The van der Waals surface area contributed by atoms with Crippen LogP contribution in [-0.4, -0.2) is 43.0 Å². The van der Waals surface area contributed by atoms with Crippen LogP contribution in [0.25, 0.3) is 0 Å². The van der Waals surface area contributed by atoms with E-state index in [-0.39, 0.29) is 5.91 Å². The van der Waals surface area contributed by atoms with Gasteiger partial charge in [-0.15, -0.1) is 0 Å². The van der Waals surface area contributed by atoms with Crippen molar-refractivity contribution in [3.8, 4) is 6.07 Å². The van der Waals surface area contributed by atoms with Gasteiger partial charge in [0.2, 0.25) is 0 Å². The fourth-order valence-electron chi connectivity index (χ4n) is 3.47. The predicted octanol–water partition coefficient (Wildman–Crippen LogP) is 2.55. The number of pyridine rings is 1. The fraction of sp³-hybridized carbons (Fsp3) is 0.350. The van der Waals surface area contributed by atoms with Crippen LogP contribution in [0.4, 0.5) is 11.4 Å². The smallest absolute Gasteiger partial charge is 0.274 e. The van der Waals surface area contributed by atoms with E-state index in [4.69, 9.17) is 14.7 Å². The predicted molar refractivity (Wildman–Crippen MR) is 99.4 cm³/mol. The summed E-state index contributed by atoms with van der Waals surface area (Å²) >= 11 is 0. The molecule has 1 aromatic heterocycles. The van der Waals surface area contributed by atoms with Crippen molar-refractivity contribution in [2.75, 3.05) is 36.5 Å². The Bertz CT molecular complexity index is 860. The van der Waals surface area contributed by atoms with Gasteiger partial charge in [0.1, 0.15) is 11.8 Å². The Morgan fingerprint density at radius 1 is 1.15 bits per heavy atom. The van der Waals surface area contributed by atoms with E-state index in [9.17, 15) is 4.79 Å². The normalized spacial score (nSPS) is 18.3. The van der Waals surface area contributed by atoms with Crippen LogP contribution in [0.2, 0.25) is 0 Å². The number of carbonyl (C=O) groups is 1. The topological polar surface area (TPSA) is 87.5 Å². The minimum Gasteiger partial charge on any atom is -0.370 e. The number of ether oxygens (including phenoxy) is 2. The van der Waals surface area contributed by atoms with Crippen LogP contribution in [0.15, 0.2) is 42.6 Å². The summed E-state index contributed by atoms with van der Waals surface area (Å²) in [5.41, 5.74) is 2.18. The van der Waals surface area contributed by atoms with Crippen LogP contribution in [0, 0.1) is 11.3 Å². The van der Waals surface area contributed by atoms with Gasteiger partial charge in [0.05, 0.1) is 36.3 Å². The van der Waals surface area contributed by atoms with E-state index in [1.54, 1.807) is 36.5 Å². The molecule has 1 amide bonds. The SMILES string of the molecule is N#Cc1ccccc1NC(=O)c1ccc(N2CCC3(CC2)OCCO3)cn1. The van der Waals surface area contributed by atoms with E-state index >= 15 is 0 Å². The van der Waals surface area contributed by atoms with Gasteiger partial charge in [-0.3, -0.25) is 4.79 Å². The molecule has 2 aromatic rings. The average molecular weight is 364 g/mol. The first-order valence-electron chi connectivity index (χ1n) is 8.99. The highest BCUT2D eigenvalue weighted by atomic mass is 16.7. The van der Waals surface area contributed by atoms with Gasteiger partial charge in [0.15, 0.2) is 5.79 Å². The van der Waals surface area contributed by atoms with Crippen molar-refractivity contribution in [2.45, 2.75) is 18.6 Å². The van der Waals surface area contributed by atoms with Crippen molar-refractivity contribution in [3.63, 3.8) is 0 Å². The zero-order valence-corrected chi connectivity index (χ0v) is 14.9. The number of anilines is 2. The zero-order valence-electron chi connectivity index (χ0n) is 14.9. The molecular weight excluding hydrogens is 344 g/mol. The van der Waals surface area contributed by atoms with Crippen LogP contribution < -0.4 is 10.2 Å². The van der Waals surface area contributed by atoms with Gasteiger partial charge in [-0.25, -0.2) is 4.98 Å². The Balaban J connectivity index is 1.40. The molecule has 1 spiro atoms. The average Bonchev–Trinajstić information content (AvgIpc) is 3.17. The molecule has 0 aliphatic carbocycles. The number of aromatic nitrogens is 1. The summed E-state index contributed by atoms with van der Waals surface area (Å²) in [5.74, 6) is -0.743. The van der Waals surface area contributed by atoms with Crippen molar-refractivity contribution in [2.24, 2.45) is 0 Å². The minimum atomic E-state index is -0.405. The Morgan fingerprint density at radius 2 is 1.89 bits per heavy atom. The van der Waals surface area contributed by atoms with E-state index in [2.05, 4.69) is 21.3 Å². The number of carbonyl (C=O) groups excluding carboxylic acids is 1. The second-order valence-corrected chi connectivity index (χ2v) is 6.61. The van der Waals surface area contributed by atoms with Gasteiger partial charge in [0, 0.05) is 25.9 Å². The summed E-state index contributed by atoms with van der Waals surface area (Å²) in [6.45, 7) is 2.98. The number of rotatable bonds is 3. The van der Waals surface area contributed by atoms with Crippen LogP contribution in [0.3, 0.4) is 0 Å². The van der Waals surface area contributed by atoms with Gasteiger partial charge < -0.3 is 19.7 Å². The van der Waals surface area contributed by atoms with Crippen LogP contribution in [0.5, 0.6) is 0 Å². The van der Waals surface area contributed by atoms with Crippen molar-refractivity contribution in [1.82, 2.24) is 4.98 Å². The molecule has 0 atom stereocenters. The summed E-state index contributed by atoms with van der Waals surface area (Å²) in [5, 5.41) is 11.9. The third-order valence-electron chi connectivity index (χ3n) is 4.98. The van der Waals surface area contributed by atoms with Crippen LogP contribution in [-0.2, 0) is 9.47 Å². The Morgan fingerprint density at radius 3 is 2.56 bits per heavy atom. The number of nitrogens with zero attached hydrogens (tertiary/aromatic N) is 3. The number of hydrogen-bond acceptors (Lipinski definition) is 6. The van der Waals surface area contributed by atoms with E-state index in [0.717, 1.165) is 31.6 Å². The number of nitrogens with one attached hydrogen (secondary N) is 1. The Labute approximate surface area is 157 Å². The second kappa shape index (κ2) is 7.35. The van der Waals surface area contributed by atoms with Gasteiger partial charge in [-0.1, -0.05) is 12.1 Å². The molecule has 7 heteroatoms. The number of nitriles is 1. The lowest BCUT2D eigenvalue weighted by molar-refractivity contribution is -0.169. The van der Waals surface area contributed by atoms with E-state index in [1.165, 1.54) is 0 Å². The molecule has 0 saturated carbocycles. The van der Waals surface area contributed by atoms with Crippen molar-refractivity contribution in [1.29, 1.82) is 5.26 Å². The molecular formula is C20H20N4O3. The number of hydrogen-bond donors (Lipinski definition) is 1. The maximum atomic E-state index is 12.4. The monoisotopic (exact) mass is 364 g/mol. The second-order valence-electron chi connectivity index (χ2n) is 6.61. The number of piperidine rings is 1. The molecule has 1 aromatic carbocycles. The third-order valence-corrected chi connectivity index (χ3v) is 4.98. The molecule has 2 fully saturated rings. The van der Waals surface area contributed by atoms with Crippen LogP contribution in [0.1, 0.15) is 28.9 Å². The first kappa shape index (κ1) is 17.5. The summed E-state index contributed by atoms with van der Waals surface area (Å²) in [6, 6.07) is 12.5. The maximum absolute atomic E-state index is 12.4. The standard InChI is InChI=1S/C20H20N4O3/c21-13-15-3-1-2-4-17(15)23-19(25)18-6-5-16(14-22-18)24-9-7-20(8-10-24)26-11-12-27-20/h1-6,14H,7-12H2,(H,23,25). The molecule has 2 saturated heterocycles. The Kier molecular flexibility index (Phi) is 4.75. The first-order chi connectivity index (χ1) is 13.2. The van der Waals surface area contributed by atoms with E-state index < -0.39 is 5.79 Å². The van der Waals surface area contributed by atoms with Gasteiger partial charge in [-0.2, -0.15) is 5.26 Å². The molecule has 27 heavy (non-hydrogen) atoms. The first-order valence-corrected chi connectivity index (χ1v) is 8.99. The van der Waals surface area contributed by atoms with Gasteiger partial charge in [0.25, 0.3) is 5.91 Å². The molecule has 2 aliphatic rings. The molecule has 0 radical (unpaired) electrons. The zero-order chi connectivity index (χ0) is 18.7. The summed E-state index contributed by atoms with van der Waals surface area (Å²) < 4.78 is 11.5. The lowest BCUT2D eigenvalue weighted by Gasteiger charge is -2.38. The highest BCUT2D eigenvalue weighted by molar-refractivity contribution is 6.03. The molecule has 0 bridgehead atoms. The lowest BCUT2D eigenvalue weighted by Crippen LogP contribution is -2.45. The summed E-state index contributed by atoms with van der Waals surface area (Å²) in [7, 11) is 0. The molecule has 0 unspecified atom stereocenters. The van der Waals surface area contributed by atoms with Crippen LogP contribution >= 0.6 is 0 Å². The van der Waals surface area contributed by atoms with Crippen molar-refractivity contribution in [3.05, 3.63) is 53.9 Å². The lowest BCUT2D eigenvalue weighted by atomic mass is 10.0. The Hall–Kier alpha value is -2.95. The molecule has 3 heterocycles. The van der Waals surface area contributed by atoms with Crippen molar-refractivity contribution >= 4 is 17.3 Å². The van der Waals surface area contributed by atoms with Gasteiger partial charge >= 0.3 is 0 Å². The number of benzene rings is 1. The summed E-state index contributed by atoms with van der Waals surface area (Å²) in [4.78, 5) is 18.9. The molecule has 7 nitrogen and oxygen atoms in total. The molecule has 4 rings (SSSR count). The highest BCUT2D eigenvalue weighted by Gasteiger charge is 2.39. The quantitative estimate of drug-likeness (QED) is 0.901. The largest absolute Gasteiger partial charge is 0.370 e. The fourth-order valence-corrected chi connectivity index (χ4v) is 3.47. The van der Waals surface area contributed by atoms with Crippen molar-refractivity contribution < 1.29 is 14.3 Å². The number of para-hydroxylation sites is 1. The number of amides is 1. The minimum absolute atomic E-state index is 0.308. The molecule has 1 N–H and O–H groups in total. The van der Waals surface area contributed by atoms with E-state index in [1.807, 2.05) is 6.07 Å². The van der Waals surface area contributed by atoms with E-state index in [0.29, 0.717) is 30.2 Å². The molecule has 2 aliphatic heterocycles. The highest BCUT2D eigenvalue weighted by Crippen LogP contribution is 2.33. The van der Waals surface area contributed by atoms with Gasteiger partial charge in [-0.05, 0) is 24.3 Å². The maximum Gasteiger partial charge on any atom is 0.274 e.